The molecule has 1 heterocycles. The Morgan fingerprint density at radius 2 is 2.18 bits per heavy atom. The summed E-state index contributed by atoms with van der Waals surface area (Å²) < 4.78 is 0. The molecule has 3 heteroatoms. The fourth-order valence-corrected chi connectivity index (χ4v) is 2.63. The zero-order valence-corrected chi connectivity index (χ0v) is 10.7. The van der Waals surface area contributed by atoms with Gasteiger partial charge < -0.3 is 10.8 Å². The molecule has 0 radical (unpaired) electrons. The Kier molecular flexibility index (Phi) is 3.57. The minimum absolute atomic E-state index is 0.175. The summed E-state index contributed by atoms with van der Waals surface area (Å²) >= 11 is 0. The van der Waals surface area contributed by atoms with Crippen molar-refractivity contribution in [2.24, 2.45) is 5.92 Å². The lowest BCUT2D eigenvalue weighted by atomic mass is 9.93. The zero-order chi connectivity index (χ0) is 12.4. The van der Waals surface area contributed by atoms with Crippen LogP contribution in [0.3, 0.4) is 0 Å². The zero-order valence-electron chi connectivity index (χ0n) is 10.7. The average molecular weight is 234 g/mol. The first kappa shape index (κ1) is 12.2. The molecule has 3 N–H and O–H groups in total. The van der Waals surface area contributed by atoms with Gasteiger partial charge in [-0.15, -0.1) is 0 Å². The first-order valence-corrected chi connectivity index (χ1v) is 6.37. The number of hydrogen-bond acceptors (Lipinski definition) is 3. The molecule has 1 aliphatic heterocycles. The van der Waals surface area contributed by atoms with Crippen LogP contribution in [0.1, 0.15) is 32.3 Å². The molecule has 1 aromatic carbocycles. The van der Waals surface area contributed by atoms with Gasteiger partial charge in [-0.2, -0.15) is 0 Å². The summed E-state index contributed by atoms with van der Waals surface area (Å²) in [5, 5.41) is 9.40. The van der Waals surface area contributed by atoms with Crippen LogP contribution < -0.4 is 5.73 Å². The third-order valence-corrected chi connectivity index (χ3v) is 3.75. The maximum absolute atomic E-state index is 9.40. The minimum Gasteiger partial charge on any atom is -0.506 e. The summed E-state index contributed by atoms with van der Waals surface area (Å²) in [6, 6.07) is 6.15. The average Bonchev–Trinajstić information content (AvgIpc) is 2.27. The molecule has 0 amide bonds. The summed E-state index contributed by atoms with van der Waals surface area (Å²) in [7, 11) is 0. The highest BCUT2D eigenvalue weighted by atomic mass is 16.3. The predicted octanol–water partition coefficient (Wildman–Crippen LogP) is 2.59. The molecule has 2 rings (SSSR count). The van der Waals surface area contributed by atoms with Crippen molar-refractivity contribution in [1.29, 1.82) is 0 Å². The molecule has 94 valence electrons. The summed E-state index contributed by atoms with van der Waals surface area (Å²) in [5.41, 5.74) is 7.37. The van der Waals surface area contributed by atoms with E-state index in [4.69, 9.17) is 5.73 Å². The van der Waals surface area contributed by atoms with Crippen LogP contribution in [0, 0.1) is 5.92 Å². The summed E-state index contributed by atoms with van der Waals surface area (Å²) in [5.74, 6) is 1.01. The minimum atomic E-state index is 0.175. The van der Waals surface area contributed by atoms with E-state index in [1.165, 1.54) is 18.4 Å². The molecular weight excluding hydrogens is 212 g/mol. The Labute approximate surface area is 103 Å². The van der Waals surface area contributed by atoms with Crippen molar-refractivity contribution in [3.8, 4) is 5.75 Å². The Morgan fingerprint density at radius 1 is 1.41 bits per heavy atom. The van der Waals surface area contributed by atoms with E-state index >= 15 is 0 Å². The van der Waals surface area contributed by atoms with Gasteiger partial charge in [0, 0.05) is 12.6 Å². The largest absolute Gasteiger partial charge is 0.506 e. The number of likely N-dealkylation sites (tertiary alicyclic amines) is 1. The molecule has 1 fully saturated rings. The number of piperidine rings is 1. The monoisotopic (exact) mass is 234 g/mol. The summed E-state index contributed by atoms with van der Waals surface area (Å²) in [4.78, 5) is 2.49. The van der Waals surface area contributed by atoms with Crippen LogP contribution in [0.2, 0.25) is 0 Å². The highest BCUT2D eigenvalue weighted by Gasteiger charge is 2.22. The number of nitrogens with two attached hydrogens (primary N) is 1. The molecular formula is C14H22N2O. The topological polar surface area (TPSA) is 49.5 Å². The van der Waals surface area contributed by atoms with Gasteiger partial charge in [-0.25, -0.2) is 0 Å². The number of nitrogens with zero attached hydrogens (tertiary/aromatic N) is 1. The van der Waals surface area contributed by atoms with Crippen molar-refractivity contribution in [1.82, 2.24) is 4.90 Å². The molecule has 3 nitrogen and oxygen atoms in total. The number of benzene rings is 1. The Morgan fingerprint density at radius 3 is 2.82 bits per heavy atom. The molecule has 17 heavy (non-hydrogen) atoms. The maximum Gasteiger partial charge on any atom is 0.138 e. The smallest absolute Gasteiger partial charge is 0.138 e. The molecule has 0 saturated carbocycles. The fraction of sp³-hybridized carbons (Fsp3) is 0.571. The van der Waals surface area contributed by atoms with Crippen molar-refractivity contribution in [2.75, 3.05) is 12.3 Å². The Bertz CT molecular complexity index is 392. The van der Waals surface area contributed by atoms with Crippen LogP contribution in [-0.4, -0.2) is 22.6 Å². The third kappa shape index (κ3) is 2.91. The molecule has 1 saturated heterocycles. The predicted molar refractivity (Wildman–Crippen MR) is 70.8 cm³/mol. The number of phenolic OH excluding ortho intramolecular Hbond substituents is 1. The van der Waals surface area contributed by atoms with Gasteiger partial charge in [-0.05, 0) is 49.9 Å². The van der Waals surface area contributed by atoms with Gasteiger partial charge in [0.05, 0.1) is 5.69 Å². The van der Waals surface area contributed by atoms with Gasteiger partial charge in [-0.3, -0.25) is 4.90 Å². The first-order chi connectivity index (χ1) is 8.06. The van der Waals surface area contributed by atoms with E-state index in [0.717, 1.165) is 19.0 Å². The number of phenols is 1. The third-order valence-electron chi connectivity index (χ3n) is 3.75. The molecule has 2 unspecified atom stereocenters. The van der Waals surface area contributed by atoms with E-state index in [1.54, 1.807) is 6.07 Å². The number of aromatic hydroxyl groups is 1. The van der Waals surface area contributed by atoms with Crippen LogP contribution in [0.5, 0.6) is 5.75 Å². The maximum atomic E-state index is 9.40. The lowest BCUT2D eigenvalue weighted by molar-refractivity contribution is 0.122. The highest BCUT2D eigenvalue weighted by Crippen LogP contribution is 2.26. The molecule has 0 bridgehead atoms. The van der Waals surface area contributed by atoms with Gasteiger partial charge >= 0.3 is 0 Å². The number of rotatable bonds is 2. The first-order valence-electron chi connectivity index (χ1n) is 6.37. The van der Waals surface area contributed by atoms with Gasteiger partial charge in [0.25, 0.3) is 0 Å². The lowest BCUT2D eigenvalue weighted by Crippen LogP contribution is -2.39. The van der Waals surface area contributed by atoms with Gasteiger partial charge in [0.1, 0.15) is 5.75 Å². The van der Waals surface area contributed by atoms with Crippen molar-refractivity contribution in [2.45, 2.75) is 39.3 Å². The van der Waals surface area contributed by atoms with E-state index < -0.39 is 0 Å². The quantitative estimate of drug-likeness (QED) is 0.611. The lowest BCUT2D eigenvalue weighted by Gasteiger charge is -2.36. The second-order valence-electron chi connectivity index (χ2n) is 5.34. The summed E-state index contributed by atoms with van der Waals surface area (Å²) in [6.07, 6.45) is 2.55. The van der Waals surface area contributed by atoms with Crippen molar-refractivity contribution < 1.29 is 5.11 Å². The molecule has 0 spiro atoms. The second-order valence-corrected chi connectivity index (χ2v) is 5.34. The van der Waals surface area contributed by atoms with Gasteiger partial charge in [-0.1, -0.05) is 13.0 Å². The number of nitrogen functional groups attached to an aromatic ring is 1. The van der Waals surface area contributed by atoms with E-state index in [0.29, 0.717) is 11.7 Å². The standard InChI is InChI=1S/C14H22N2O/c1-10-5-6-16(11(2)7-10)9-12-3-4-14(17)13(15)8-12/h3-4,8,10-11,17H,5-7,9,15H2,1-2H3. The molecule has 1 aliphatic rings. The van der Waals surface area contributed by atoms with E-state index in [9.17, 15) is 5.11 Å². The fourth-order valence-electron chi connectivity index (χ4n) is 2.63. The molecule has 0 aliphatic carbocycles. The van der Waals surface area contributed by atoms with Crippen LogP contribution in [0.15, 0.2) is 18.2 Å². The van der Waals surface area contributed by atoms with Crippen LogP contribution in [0.4, 0.5) is 5.69 Å². The van der Waals surface area contributed by atoms with Gasteiger partial charge in [0.15, 0.2) is 0 Å². The SMILES string of the molecule is CC1CCN(Cc2ccc(O)c(N)c2)C(C)C1. The summed E-state index contributed by atoms with van der Waals surface area (Å²) in [6.45, 7) is 6.70. The normalized spacial score (nSPS) is 26.0. The van der Waals surface area contributed by atoms with Crippen molar-refractivity contribution in [3.05, 3.63) is 23.8 Å². The highest BCUT2D eigenvalue weighted by molar-refractivity contribution is 5.53. The Hall–Kier alpha value is -1.22. The molecule has 1 aromatic rings. The van der Waals surface area contributed by atoms with Gasteiger partial charge in [0.2, 0.25) is 0 Å². The molecule has 0 aromatic heterocycles. The van der Waals surface area contributed by atoms with Crippen molar-refractivity contribution in [3.63, 3.8) is 0 Å². The van der Waals surface area contributed by atoms with Crippen LogP contribution in [0.25, 0.3) is 0 Å². The number of anilines is 1. The van der Waals surface area contributed by atoms with E-state index in [2.05, 4.69) is 18.7 Å². The number of hydrogen-bond donors (Lipinski definition) is 2. The van der Waals surface area contributed by atoms with Crippen LogP contribution >= 0.6 is 0 Å². The van der Waals surface area contributed by atoms with E-state index in [-0.39, 0.29) is 5.75 Å². The van der Waals surface area contributed by atoms with Crippen molar-refractivity contribution >= 4 is 5.69 Å². The second kappa shape index (κ2) is 4.96. The Balaban J connectivity index is 2.02. The van der Waals surface area contributed by atoms with Crippen LogP contribution in [-0.2, 0) is 6.54 Å². The molecule has 2 atom stereocenters. The van der Waals surface area contributed by atoms with E-state index in [1.807, 2.05) is 12.1 Å².